The maximum Gasteiger partial charge on any atom is 0.264 e. The van der Waals surface area contributed by atoms with E-state index in [1.165, 1.54) is 28.6 Å². The van der Waals surface area contributed by atoms with E-state index in [1.54, 1.807) is 24.3 Å². The minimum absolute atomic E-state index is 0.0143. The molecule has 0 aliphatic carbocycles. The van der Waals surface area contributed by atoms with Gasteiger partial charge in [-0.2, -0.15) is 0 Å². The van der Waals surface area contributed by atoms with E-state index in [-0.39, 0.29) is 23.4 Å². The highest BCUT2D eigenvalue weighted by Gasteiger charge is 2.37. The van der Waals surface area contributed by atoms with Crippen molar-refractivity contribution in [3.05, 3.63) is 53.6 Å². The molecule has 0 radical (unpaired) electrons. The summed E-state index contributed by atoms with van der Waals surface area (Å²) in [7, 11) is -3.88. The summed E-state index contributed by atoms with van der Waals surface area (Å²) in [6.07, 6.45) is 0.839. The molecule has 6 nitrogen and oxygen atoms in total. The Morgan fingerprint density at radius 3 is 2.61 bits per heavy atom. The first-order valence-corrected chi connectivity index (χ1v) is 11.0. The third-order valence-corrected chi connectivity index (χ3v) is 6.59. The Morgan fingerprint density at radius 1 is 1.25 bits per heavy atom. The first kappa shape index (κ1) is 20.5. The van der Waals surface area contributed by atoms with Gasteiger partial charge >= 0.3 is 0 Å². The Morgan fingerprint density at radius 2 is 1.93 bits per heavy atom. The number of amides is 1. The van der Waals surface area contributed by atoms with Gasteiger partial charge in [-0.05, 0) is 49.7 Å². The zero-order valence-corrected chi connectivity index (χ0v) is 17.3. The average Bonchev–Trinajstić information content (AvgIpc) is 2.67. The smallest absolute Gasteiger partial charge is 0.264 e. The summed E-state index contributed by atoms with van der Waals surface area (Å²) < 4.78 is 33.5. The molecule has 0 bridgehead atoms. The molecule has 1 N–H and O–H groups in total. The summed E-state index contributed by atoms with van der Waals surface area (Å²) in [5, 5.41) is 3.35. The molecule has 28 heavy (non-hydrogen) atoms. The second kappa shape index (κ2) is 8.41. The predicted molar refractivity (Wildman–Crippen MR) is 109 cm³/mol. The summed E-state index contributed by atoms with van der Waals surface area (Å²) in [6.45, 7) is 3.85. The van der Waals surface area contributed by atoms with E-state index >= 15 is 0 Å². The molecule has 3 rings (SSSR count). The fourth-order valence-electron chi connectivity index (χ4n) is 3.14. The Kier molecular flexibility index (Phi) is 6.15. The van der Waals surface area contributed by atoms with Crippen molar-refractivity contribution in [1.29, 1.82) is 0 Å². The number of hydrogen-bond acceptors (Lipinski definition) is 4. The summed E-state index contributed by atoms with van der Waals surface area (Å²) >= 11 is 5.89. The van der Waals surface area contributed by atoms with E-state index in [0.717, 1.165) is 12.8 Å². The van der Waals surface area contributed by atoms with E-state index in [4.69, 9.17) is 16.3 Å². The van der Waals surface area contributed by atoms with Crippen LogP contribution in [0.25, 0.3) is 0 Å². The van der Waals surface area contributed by atoms with Crippen molar-refractivity contribution in [2.45, 2.75) is 43.7 Å². The second-order valence-corrected chi connectivity index (χ2v) is 9.06. The number of benzene rings is 2. The summed E-state index contributed by atoms with van der Waals surface area (Å²) in [6, 6.07) is 12.7. The number of carbonyl (C=O) groups is 1. The molecule has 150 valence electrons. The molecule has 1 heterocycles. The second-order valence-electron chi connectivity index (χ2n) is 6.76. The van der Waals surface area contributed by atoms with E-state index in [1.807, 2.05) is 13.8 Å². The van der Waals surface area contributed by atoms with Gasteiger partial charge in [0.15, 0.2) is 6.10 Å². The van der Waals surface area contributed by atoms with Crippen LogP contribution >= 0.6 is 11.6 Å². The highest BCUT2D eigenvalue weighted by molar-refractivity contribution is 7.92. The Balaban J connectivity index is 1.93. The molecule has 0 fully saturated rings. The topological polar surface area (TPSA) is 75.7 Å². The van der Waals surface area contributed by atoms with E-state index < -0.39 is 16.1 Å². The number of hydrogen-bond donors (Lipinski definition) is 1. The molecule has 0 spiro atoms. The summed E-state index contributed by atoms with van der Waals surface area (Å²) in [5.74, 6) is 0.0290. The van der Waals surface area contributed by atoms with Crippen molar-refractivity contribution in [3.8, 4) is 5.75 Å². The lowest BCUT2D eigenvalue weighted by Gasteiger charge is -2.35. The molecular weight excluding hydrogens is 400 g/mol. The SMILES string of the molecule is CCC[C@@H](C)NC(=O)[C@@H]1CN(S(=O)(=O)c2ccc(Cl)cc2)c2ccccc2O1. The number of nitrogens with one attached hydrogen (secondary N) is 1. The minimum Gasteiger partial charge on any atom is -0.476 e. The lowest BCUT2D eigenvalue weighted by atomic mass is 10.1. The first-order chi connectivity index (χ1) is 13.3. The van der Waals surface area contributed by atoms with Crippen LogP contribution in [-0.2, 0) is 14.8 Å². The van der Waals surface area contributed by atoms with Gasteiger partial charge < -0.3 is 10.1 Å². The predicted octanol–water partition coefficient (Wildman–Crippen LogP) is 3.60. The van der Waals surface area contributed by atoms with E-state index in [2.05, 4.69) is 5.32 Å². The van der Waals surface area contributed by atoms with Crippen molar-refractivity contribution in [2.75, 3.05) is 10.8 Å². The van der Waals surface area contributed by atoms with Crippen LogP contribution in [0.3, 0.4) is 0 Å². The van der Waals surface area contributed by atoms with Crippen molar-refractivity contribution in [3.63, 3.8) is 0 Å². The van der Waals surface area contributed by atoms with Crippen LogP contribution in [0.4, 0.5) is 5.69 Å². The summed E-state index contributed by atoms with van der Waals surface area (Å²) in [5.41, 5.74) is 0.406. The van der Waals surface area contributed by atoms with Gasteiger partial charge in [0.1, 0.15) is 5.75 Å². The third-order valence-electron chi connectivity index (χ3n) is 4.54. The van der Waals surface area contributed by atoms with Crippen molar-refractivity contribution in [1.82, 2.24) is 5.32 Å². The van der Waals surface area contributed by atoms with Crippen molar-refractivity contribution >= 4 is 33.2 Å². The molecule has 2 atom stereocenters. The van der Waals surface area contributed by atoms with Crippen LogP contribution in [0.15, 0.2) is 53.4 Å². The molecule has 0 saturated heterocycles. The average molecular weight is 423 g/mol. The van der Waals surface area contributed by atoms with Gasteiger partial charge in [-0.25, -0.2) is 8.42 Å². The van der Waals surface area contributed by atoms with Crippen LogP contribution < -0.4 is 14.4 Å². The molecule has 1 amide bonds. The number of anilines is 1. The number of nitrogens with zero attached hydrogens (tertiary/aromatic N) is 1. The lowest BCUT2D eigenvalue weighted by Crippen LogP contribution is -2.52. The molecular formula is C20H23ClN2O4S. The van der Waals surface area contributed by atoms with Gasteiger partial charge in [-0.15, -0.1) is 0 Å². The molecule has 1 aliphatic rings. The third kappa shape index (κ3) is 4.25. The maximum atomic E-state index is 13.2. The number of rotatable bonds is 6. The van der Waals surface area contributed by atoms with Gasteiger partial charge in [-0.3, -0.25) is 9.10 Å². The van der Waals surface area contributed by atoms with E-state index in [0.29, 0.717) is 16.5 Å². The fourth-order valence-corrected chi connectivity index (χ4v) is 4.74. The van der Waals surface area contributed by atoms with Gasteiger partial charge in [-0.1, -0.05) is 37.1 Å². The highest BCUT2D eigenvalue weighted by atomic mass is 35.5. The van der Waals surface area contributed by atoms with Gasteiger partial charge in [0, 0.05) is 11.1 Å². The molecule has 1 aliphatic heterocycles. The zero-order valence-electron chi connectivity index (χ0n) is 15.8. The molecule has 0 saturated carbocycles. The Bertz CT molecular complexity index is 947. The highest BCUT2D eigenvalue weighted by Crippen LogP contribution is 2.37. The molecule has 0 aromatic heterocycles. The van der Waals surface area contributed by atoms with Crippen molar-refractivity contribution < 1.29 is 17.9 Å². The number of carbonyl (C=O) groups excluding carboxylic acids is 1. The monoisotopic (exact) mass is 422 g/mol. The van der Waals surface area contributed by atoms with Crippen LogP contribution in [0.2, 0.25) is 5.02 Å². The molecule has 0 unspecified atom stereocenters. The standard InChI is InChI=1S/C20H23ClN2O4S/c1-3-6-14(2)22-20(24)19-13-23(17-7-4-5-8-18(17)27-19)28(25,26)16-11-9-15(21)10-12-16/h4-5,7-12,14,19H,3,6,13H2,1-2H3,(H,22,24)/t14-,19+/m1/s1. The number of fused-ring (bicyclic) bond motifs is 1. The maximum absolute atomic E-state index is 13.2. The van der Waals surface area contributed by atoms with Crippen LogP contribution in [-0.4, -0.2) is 33.0 Å². The van der Waals surface area contributed by atoms with Crippen molar-refractivity contribution in [2.24, 2.45) is 0 Å². The molecule has 2 aromatic rings. The number of sulfonamides is 1. The van der Waals surface area contributed by atoms with Crippen LogP contribution in [0.1, 0.15) is 26.7 Å². The summed E-state index contributed by atoms with van der Waals surface area (Å²) in [4.78, 5) is 12.8. The fraction of sp³-hybridized carbons (Fsp3) is 0.350. The zero-order chi connectivity index (χ0) is 20.3. The molecule has 2 aromatic carbocycles. The van der Waals surface area contributed by atoms with Gasteiger partial charge in [0.05, 0.1) is 17.1 Å². The largest absolute Gasteiger partial charge is 0.476 e. The number of para-hydroxylation sites is 2. The number of ether oxygens (including phenoxy) is 1. The number of halogens is 1. The van der Waals surface area contributed by atoms with Crippen LogP contribution in [0, 0.1) is 0 Å². The minimum atomic E-state index is -3.88. The Hall–Kier alpha value is -2.25. The van der Waals surface area contributed by atoms with Crippen LogP contribution in [0.5, 0.6) is 5.75 Å². The lowest BCUT2D eigenvalue weighted by molar-refractivity contribution is -0.128. The molecule has 8 heteroatoms. The first-order valence-electron chi connectivity index (χ1n) is 9.17. The quantitative estimate of drug-likeness (QED) is 0.771. The van der Waals surface area contributed by atoms with Gasteiger partial charge in [0.25, 0.3) is 15.9 Å². The normalized spacial score (nSPS) is 17.4. The Labute approximate surface area is 170 Å². The van der Waals surface area contributed by atoms with E-state index in [9.17, 15) is 13.2 Å². The van der Waals surface area contributed by atoms with Gasteiger partial charge in [0.2, 0.25) is 0 Å².